The van der Waals surface area contributed by atoms with Gasteiger partial charge >= 0.3 is 0 Å². The number of ether oxygens (including phenoxy) is 4. The number of nitrogens with zero attached hydrogens (tertiary/aromatic N) is 1. The molecule has 0 saturated heterocycles. The zero-order valence-electron chi connectivity index (χ0n) is 19.9. The zero-order valence-corrected chi connectivity index (χ0v) is 19.9. The van der Waals surface area contributed by atoms with Crippen molar-refractivity contribution < 1.29 is 34.0 Å². The van der Waals surface area contributed by atoms with Gasteiger partial charge in [0.15, 0.2) is 28.8 Å². The predicted octanol–water partition coefficient (Wildman–Crippen LogP) is 5.28. The van der Waals surface area contributed by atoms with Crippen LogP contribution in [0.3, 0.4) is 0 Å². The fourth-order valence-electron chi connectivity index (χ4n) is 3.40. The second-order valence-electron chi connectivity index (χ2n) is 7.37. The van der Waals surface area contributed by atoms with Crippen LogP contribution in [-0.2, 0) is 0 Å². The number of benzene rings is 3. The van der Waals surface area contributed by atoms with Crippen molar-refractivity contribution in [1.82, 2.24) is 0 Å². The summed E-state index contributed by atoms with van der Waals surface area (Å²) in [5.74, 6) is 1.58. The first kappa shape index (κ1) is 25.2. The van der Waals surface area contributed by atoms with Gasteiger partial charge in [0.05, 0.1) is 28.4 Å². The number of carbonyl (C=O) groups excluding carboxylic acids is 1. The zero-order chi connectivity index (χ0) is 25.4. The van der Waals surface area contributed by atoms with E-state index >= 15 is 0 Å². The Bertz CT molecular complexity index is 1220. The van der Waals surface area contributed by atoms with Crippen LogP contribution in [0.25, 0.3) is 12.2 Å². The molecule has 0 aliphatic carbocycles. The summed E-state index contributed by atoms with van der Waals surface area (Å²) in [4.78, 5) is 16.7. The topological polar surface area (TPSA) is 107 Å². The number of ketones is 1. The number of hydrogen-bond acceptors (Lipinski definition) is 8. The highest BCUT2D eigenvalue weighted by atomic mass is 16.5. The Labute approximate surface area is 203 Å². The molecule has 3 aromatic rings. The molecule has 35 heavy (non-hydrogen) atoms. The third kappa shape index (κ3) is 6.11. The average molecular weight is 478 g/mol. The summed E-state index contributed by atoms with van der Waals surface area (Å²) in [7, 11) is 6.06. The fraction of sp³-hybridized carbons (Fsp3) is 0.185. The van der Waals surface area contributed by atoms with E-state index in [0.717, 1.165) is 5.56 Å². The Hall–Kier alpha value is -4.46. The molecule has 0 aliphatic heterocycles. The van der Waals surface area contributed by atoms with E-state index in [1.54, 1.807) is 56.7 Å². The Kier molecular flexibility index (Phi) is 8.34. The van der Waals surface area contributed by atoms with E-state index in [2.05, 4.69) is 4.99 Å². The molecule has 0 radical (unpaired) electrons. The molecule has 0 spiro atoms. The highest BCUT2D eigenvalue weighted by molar-refractivity contribution is 6.04. The maximum Gasteiger partial charge on any atom is 0.203 e. The van der Waals surface area contributed by atoms with E-state index in [0.29, 0.717) is 34.1 Å². The number of Topliss-reactive ketones (excluding diaryl/α,β-unsaturated/α-hetero) is 1. The van der Waals surface area contributed by atoms with Crippen LogP contribution in [0.2, 0.25) is 0 Å². The molecule has 0 atom stereocenters. The molecular formula is C27H27NO7. The number of aromatic hydroxyl groups is 2. The summed E-state index contributed by atoms with van der Waals surface area (Å²) in [6, 6.07) is 12.9. The molecule has 0 fully saturated rings. The van der Waals surface area contributed by atoms with E-state index in [-0.39, 0.29) is 29.5 Å². The first-order chi connectivity index (χ1) is 16.9. The molecule has 0 saturated carbocycles. The van der Waals surface area contributed by atoms with Gasteiger partial charge in [0.25, 0.3) is 0 Å². The van der Waals surface area contributed by atoms with Crippen molar-refractivity contribution in [3.8, 4) is 34.5 Å². The first-order valence-electron chi connectivity index (χ1n) is 10.6. The largest absolute Gasteiger partial charge is 0.508 e. The van der Waals surface area contributed by atoms with Crippen LogP contribution >= 0.6 is 0 Å². The van der Waals surface area contributed by atoms with Crippen molar-refractivity contribution in [2.45, 2.75) is 6.42 Å². The molecule has 0 heterocycles. The van der Waals surface area contributed by atoms with Gasteiger partial charge in [0.2, 0.25) is 5.75 Å². The van der Waals surface area contributed by atoms with Gasteiger partial charge in [-0.1, -0.05) is 12.2 Å². The van der Waals surface area contributed by atoms with Crippen LogP contribution in [0.15, 0.2) is 53.5 Å². The summed E-state index contributed by atoms with van der Waals surface area (Å²) in [5, 5.41) is 19.8. The Balaban J connectivity index is 1.85. The smallest absolute Gasteiger partial charge is 0.203 e. The minimum Gasteiger partial charge on any atom is -0.508 e. The van der Waals surface area contributed by atoms with E-state index in [4.69, 9.17) is 18.9 Å². The van der Waals surface area contributed by atoms with Crippen LogP contribution in [0.1, 0.15) is 27.9 Å². The van der Waals surface area contributed by atoms with Crippen molar-refractivity contribution in [2.75, 3.05) is 28.4 Å². The second-order valence-corrected chi connectivity index (χ2v) is 7.37. The van der Waals surface area contributed by atoms with Crippen molar-refractivity contribution in [3.05, 3.63) is 65.2 Å². The van der Waals surface area contributed by atoms with Gasteiger partial charge < -0.3 is 29.2 Å². The van der Waals surface area contributed by atoms with Crippen LogP contribution in [0.4, 0.5) is 5.69 Å². The summed E-state index contributed by atoms with van der Waals surface area (Å²) < 4.78 is 21.4. The molecule has 3 rings (SSSR count). The minimum absolute atomic E-state index is 0.0419. The number of rotatable bonds is 10. The summed E-state index contributed by atoms with van der Waals surface area (Å²) in [6.45, 7) is 0. The molecule has 0 aliphatic rings. The summed E-state index contributed by atoms with van der Waals surface area (Å²) >= 11 is 0. The quantitative estimate of drug-likeness (QED) is 0.232. The van der Waals surface area contributed by atoms with Crippen molar-refractivity contribution in [2.24, 2.45) is 4.99 Å². The maximum absolute atomic E-state index is 12.4. The van der Waals surface area contributed by atoms with Gasteiger partial charge in [-0.2, -0.15) is 0 Å². The van der Waals surface area contributed by atoms with Crippen LogP contribution in [-0.4, -0.2) is 50.7 Å². The molecule has 8 nitrogen and oxygen atoms in total. The first-order valence-corrected chi connectivity index (χ1v) is 10.6. The molecule has 0 aromatic heterocycles. The Morgan fingerprint density at radius 2 is 1.37 bits per heavy atom. The lowest BCUT2D eigenvalue weighted by molar-refractivity contribution is 0.100. The molecule has 2 N–H and O–H groups in total. The molecular weight excluding hydrogens is 450 g/mol. The van der Waals surface area contributed by atoms with E-state index in [1.165, 1.54) is 32.6 Å². The van der Waals surface area contributed by atoms with E-state index in [9.17, 15) is 15.0 Å². The maximum atomic E-state index is 12.4. The standard InChI is InChI=1S/C27H27NO7/c1-32-24-15-18(16-25(33-2)27(24)35-4)6-5-17-13-21(26(34-3)23(31)14-17)28-12-11-22(30)19-7-9-20(29)10-8-19/h5-10,12-16,29,31H,11H2,1-4H3/b6-5-,28-12?. The highest BCUT2D eigenvalue weighted by Crippen LogP contribution is 2.40. The van der Waals surface area contributed by atoms with Crippen molar-refractivity contribution in [3.63, 3.8) is 0 Å². The third-order valence-corrected chi connectivity index (χ3v) is 5.13. The number of phenolic OH excluding ortho intramolecular Hbond substituents is 2. The number of phenols is 2. The molecule has 0 unspecified atom stereocenters. The molecule has 182 valence electrons. The number of methoxy groups -OCH3 is 4. The SMILES string of the molecule is COc1cc(/C=C\c2cc(O)c(OC)c(N=CCC(=O)c3ccc(O)cc3)c2)cc(OC)c1OC. The normalized spacial score (nSPS) is 11.1. The van der Waals surface area contributed by atoms with E-state index < -0.39 is 0 Å². The highest BCUT2D eigenvalue weighted by Gasteiger charge is 2.13. The number of aliphatic imine (C=N–C) groups is 1. The van der Waals surface area contributed by atoms with Gasteiger partial charge in [-0.05, 0) is 59.7 Å². The Morgan fingerprint density at radius 1 is 0.800 bits per heavy atom. The van der Waals surface area contributed by atoms with Gasteiger partial charge in [0.1, 0.15) is 11.4 Å². The van der Waals surface area contributed by atoms with E-state index in [1.807, 2.05) is 6.08 Å². The predicted molar refractivity (Wildman–Crippen MR) is 135 cm³/mol. The monoisotopic (exact) mass is 477 g/mol. The molecule has 0 amide bonds. The third-order valence-electron chi connectivity index (χ3n) is 5.13. The number of hydrogen-bond donors (Lipinski definition) is 2. The minimum atomic E-state index is -0.157. The lowest BCUT2D eigenvalue weighted by Gasteiger charge is -2.13. The van der Waals surface area contributed by atoms with Gasteiger partial charge in [-0.15, -0.1) is 0 Å². The van der Waals surface area contributed by atoms with Crippen LogP contribution in [0, 0.1) is 0 Å². The average Bonchev–Trinajstić information content (AvgIpc) is 2.86. The molecule has 8 heteroatoms. The Morgan fingerprint density at radius 3 is 1.91 bits per heavy atom. The van der Waals surface area contributed by atoms with Gasteiger partial charge in [0, 0.05) is 18.2 Å². The van der Waals surface area contributed by atoms with Crippen molar-refractivity contribution in [1.29, 1.82) is 0 Å². The fourth-order valence-corrected chi connectivity index (χ4v) is 3.40. The molecule has 0 bridgehead atoms. The summed E-state index contributed by atoms with van der Waals surface area (Å²) in [6.07, 6.45) is 5.12. The van der Waals surface area contributed by atoms with Crippen LogP contribution in [0.5, 0.6) is 34.5 Å². The summed E-state index contributed by atoms with van der Waals surface area (Å²) in [5.41, 5.74) is 2.29. The number of carbonyl (C=O) groups is 1. The lowest BCUT2D eigenvalue weighted by atomic mass is 10.1. The van der Waals surface area contributed by atoms with Crippen LogP contribution < -0.4 is 18.9 Å². The van der Waals surface area contributed by atoms with Gasteiger partial charge in [-0.25, -0.2) is 0 Å². The molecule has 3 aromatic carbocycles. The van der Waals surface area contributed by atoms with Gasteiger partial charge in [-0.3, -0.25) is 9.79 Å². The lowest BCUT2D eigenvalue weighted by Crippen LogP contribution is -1.98. The van der Waals surface area contributed by atoms with Crippen molar-refractivity contribution >= 4 is 29.8 Å². The second kappa shape index (κ2) is 11.6.